The van der Waals surface area contributed by atoms with Crippen molar-refractivity contribution >= 4 is 33.0 Å². The SMILES string of the molecule is CCc1c(F)ccc2cc(O)cc(-c3c(F)c4nc(OCC5(CN6CCOCC6)CC5)nc(N5CC6CCC(C5)N6)c4c4ccnn34)c12. The van der Waals surface area contributed by atoms with Crippen LogP contribution in [0.1, 0.15) is 38.2 Å². The third kappa shape index (κ3) is 5.03. The minimum Gasteiger partial charge on any atom is -0.508 e. The van der Waals surface area contributed by atoms with Crippen LogP contribution in [0.25, 0.3) is 38.4 Å². The fourth-order valence-electron chi connectivity index (χ4n) is 8.20. The van der Waals surface area contributed by atoms with Gasteiger partial charge in [0.15, 0.2) is 5.82 Å². The Hall–Kier alpha value is -4.13. The van der Waals surface area contributed by atoms with E-state index in [2.05, 4.69) is 20.2 Å². The minimum atomic E-state index is -0.625. The van der Waals surface area contributed by atoms with Crippen molar-refractivity contribution in [1.82, 2.24) is 29.8 Å². The summed E-state index contributed by atoms with van der Waals surface area (Å²) < 4.78 is 46.1. The Bertz CT molecular complexity index is 2050. The van der Waals surface area contributed by atoms with E-state index in [1.165, 1.54) is 12.1 Å². The molecule has 1 aliphatic carbocycles. The minimum absolute atomic E-state index is 0.0180. The number of morpholine rings is 1. The number of nitrogens with one attached hydrogen (secondary N) is 1. The molecule has 3 aromatic heterocycles. The molecule has 3 saturated heterocycles. The van der Waals surface area contributed by atoms with Gasteiger partial charge in [0.05, 0.1) is 36.9 Å². The molecule has 0 spiro atoms. The summed E-state index contributed by atoms with van der Waals surface area (Å²) in [5, 5.41) is 20.8. The first-order valence-corrected chi connectivity index (χ1v) is 17.1. The average molecular weight is 656 g/mol. The van der Waals surface area contributed by atoms with E-state index < -0.39 is 5.82 Å². The van der Waals surface area contributed by atoms with E-state index in [1.807, 2.05) is 13.0 Å². The van der Waals surface area contributed by atoms with E-state index in [4.69, 9.17) is 19.4 Å². The highest BCUT2D eigenvalue weighted by atomic mass is 19.1. The number of nitrogens with zero attached hydrogens (tertiary/aromatic N) is 6. The van der Waals surface area contributed by atoms with Crippen molar-refractivity contribution in [2.24, 2.45) is 5.41 Å². The highest BCUT2D eigenvalue weighted by Gasteiger charge is 2.45. The quantitative estimate of drug-likeness (QED) is 0.237. The fourth-order valence-corrected chi connectivity index (χ4v) is 8.20. The van der Waals surface area contributed by atoms with E-state index >= 15 is 8.78 Å². The molecule has 9 rings (SSSR count). The van der Waals surface area contributed by atoms with E-state index in [0.717, 1.165) is 71.6 Å². The summed E-state index contributed by atoms with van der Waals surface area (Å²) in [6.45, 7) is 8.02. The average Bonchev–Trinajstić information content (AvgIpc) is 3.52. The number of rotatable bonds is 8. The molecule has 2 unspecified atom stereocenters. The van der Waals surface area contributed by atoms with Crippen molar-refractivity contribution in [1.29, 1.82) is 0 Å². The lowest BCUT2D eigenvalue weighted by Crippen LogP contribution is -2.51. The number of phenolic OH excluding ortho intramolecular Hbond substituents is 1. The molecule has 2 bridgehead atoms. The van der Waals surface area contributed by atoms with E-state index in [9.17, 15) is 5.11 Å². The zero-order valence-electron chi connectivity index (χ0n) is 27.0. The number of ether oxygens (including phenoxy) is 2. The van der Waals surface area contributed by atoms with Crippen LogP contribution in [-0.4, -0.2) is 94.2 Å². The zero-order chi connectivity index (χ0) is 32.6. The Morgan fingerprint density at radius 3 is 2.58 bits per heavy atom. The van der Waals surface area contributed by atoms with Crippen molar-refractivity contribution in [2.45, 2.75) is 51.1 Å². The molecule has 6 heterocycles. The number of phenols is 1. The van der Waals surface area contributed by atoms with Gasteiger partial charge in [-0.2, -0.15) is 15.1 Å². The maximum atomic E-state index is 17.4. The predicted octanol–water partition coefficient (Wildman–Crippen LogP) is 5.08. The van der Waals surface area contributed by atoms with Gasteiger partial charge in [-0.15, -0.1) is 0 Å². The molecule has 2 N–H and O–H groups in total. The molecular formula is C36H39F2N7O3. The number of halogens is 2. The van der Waals surface area contributed by atoms with Crippen LogP contribution >= 0.6 is 0 Å². The van der Waals surface area contributed by atoms with Gasteiger partial charge in [-0.05, 0) is 72.7 Å². The number of aromatic nitrogens is 4. The predicted molar refractivity (Wildman–Crippen MR) is 179 cm³/mol. The monoisotopic (exact) mass is 655 g/mol. The molecule has 4 fully saturated rings. The third-order valence-electron chi connectivity index (χ3n) is 10.8. The molecule has 12 heteroatoms. The first-order chi connectivity index (χ1) is 23.4. The Morgan fingerprint density at radius 2 is 1.83 bits per heavy atom. The molecule has 3 aliphatic heterocycles. The lowest BCUT2D eigenvalue weighted by Gasteiger charge is -2.34. The zero-order valence-corrected chi connectivity index (χ0v) is 27.0. The molecular weight excluding hydrogens is 616 g/mol. The molecule has 10 nitrogen and oxygen atoms in total. The summed E-state index contributed by atoms with van der Waals surface area (Å²) in [4.78, 5) is 14.4. The Morgan fingerprint density at radius 1 is 1.04 bits per heavy atom. The first kappa shape index (κ1) is 30.0. The topological polar surface area (TPSA) is 100 Å². The van der Waals surface area contributed by atoms with E-state index in [-0.39, 0.29) is 34.2 Å². The lowest BCUT2D eigenvalue weighted by molar-refractivity contribution is 0.0231. The summed E-state index contributed by atoms with van der Waals surface area (Å²) in [5.41, 5.74) is 1.66. The standard InChI is InChI=1S/C36H39F2N7O3/c1-2-25-27(37)6-3-21-15-24(46)16-26(29(21)25)33-31(38)32-30(28-7-10-39-45(28)33)34(44-17-22-4-5-23(18-44)40-22)42-35(41-32)48-20-36(8-9-36)19-43-11-13-47-14-12-43/h3,6-7,10,15-16,22-23,40,46H,2,4-5,8-9,11-14,17-20H2,1H3. The van der Waals surface area contributed by atoms with Gasteiger partial charge in [-0.25, -0.2) is 13.3 Å². The molecule has 5 aromatic rings. The smallest absolute Gasteiger partial charge is 0.319 e. The number of pyridine rings is 1. The number of aromatic hydroxyl groups is 1. The van der Waals surface area contributed by atoms with Gasteiger partial charge in [0.2, 0.25) is 0 Å². The van der Waals surface area contributed by atoms with Crippen molar-refractivity contribution in [3.63, 3.8) is 0 Å². The van der Waals surface area contributed by atoms with Gasteiger partial charge < -0.3 is 24.8 Å². The fraction of sp³-hybridized carbons (Fsp3) is 0.472. The second kappa shape index (κ2) is 11.5. The molecule has 4 aliphatic rings. The summed E-state index contributed by atoms with van der Waals surface area (Å²) >= 11 is 0. The van der Waals surface area contributed by atoms with Crippen LogP contribution in [0.5, 0.6) is 11.8 Å². The van der Waals surface area contributed by atoms with Gasteiger partial charge in [0.1, 0.15) is 28.6 Å². The van der Waals surface area contributed by atoms with E-state index in [0.29, 0.717) is 63.7 Å². The highest BCUT2D eigenvalue weighted by molar-refractivity contribution is 6.07. The lowest BCUT2D eigenvalue weighted by atomic mass is 9.94. The van der Waals surface area contributed by atoms with Crippen LogP contribution in [0.3, 0.4) is 0 Å². The molecule has 2 aromatic carbocycles. The molecule has 48 heavy (non-hydrogen) atoms. The highest BCUT2D eigenvalue weighted by Crippen LogP contribution is 2.47. The third-order valence-corrected chi connectivity index (χ3v) is 10.8. The molecule has 250 valence electrons. The maximum Gasteiger partial charge on any atom is 0.319 e. The number of benzene rings is 2. The number of hydrogen-bond acceptors (Lipinski definition) is 9. The van der Waals surface area contributed by atoms with Crippen molar-refractivity contribution in [2.75, 3.05) is 57.4 Å². The summed E-state index contributed by atoms with van der Waals surface area (Å²) in [6, 6.07) is 8.70. The second-order valence-electron chi connectivity index (χ2n) is 14.0. The number of anilines is 1. The van der Waals surface area contributed by atoms with Crippen LogP contribution in [0.2, 0.25) is 0 Å². The van der Waals surface area contributed by atoms with E-state index in [1.54, 1.807) is 22.8 Å². The molecule has 0 radical (unpaired) electrons. The second-order valence-corrected chi connectivity index (χ2v) is 14.0. The van der Waals surface area contributed by atoms with Gasteiger partial charge in [0.25, 0.3) is 0 Å². The number of fused-ring (bicyclic) bond motifs is 6. The number of aryl methyl sites for hydroxylation is 1. The molecule has 2 atom stereocenters. The number of piperazine rings is 1. The Balaban J connectivity index is 1.22. The first-order valence-electron chi connectivity index (χ1n) is 17.1. The normalized spacial score (nSPS) is 22.3. The number of hydrogen-bond donors (Lipinski definition) is 2. The van der Waals surface area contributed by atoms with Crippen LogP contribution < -0.4 is 15.0 Å². The molecule has 1 saturated carbocycles. The van der Waals surface area contributed by atoms with Gasteiger partial charge in [-0.3, -0.25) is 4.90 Å². The van der Waals surface area contributed by atoms with Crippen molar-refractivity contribution < 1.29 is 23.4 Å². The van der Waals surface area contributed by atoms with Crippen LogP contribution in [0.4, 0.5) is 14.6 Å². The maximum absolute atomic E-state index is 17.4. The van der Waals surface area contributed by atoms with Gasteiger partial charge in [-0.1, -0.05) is 13.0 Å². The van der Waals surface area contributed by atoms with Crippen LogP contribution in [-0.2, 0) is 11.2 Å². The Kier molecular flexibility index (Phi) is 7.17. The summed E-state index contributed by atoms with van der Waals surface area (Å²) in [6.07, 6.45) is 6.30. The molecule has 0 amide bonds. The summed E-state index contributed by atoms with van der Waals surface area (Å²) in [7, 11) is 0. The van der Waals surface area contributed by atoms with Gasteiger partial charge >= 0.3 is 6.01 Å². The largest absolute Gasteiger partial charge is 0.508 e. The van der Waals surface area contributed by atoms with Gasteiger partial charge in [0, 0.05) is 55.8 Å². The van der Waals surface area contributed by atoms with Crippen molar-refractivity contribution in [3.8, 4) is 23.0 Å². The van der Waals surface area contributed by atoms with Crippen molar-refractivity contribution in [3.05, 3.63) is 53.7 Å². The Labute approximate surface area is 276 Å². The van der Waals surface area contributed by atoms with Crippen LogP contribution in [0, 0.1) is 17.0 Å². The summed E-state index contributed by atoms with van der Waals surface area (Å²) in [5.74, 6) is -0.428. The van der Waals surface area contributed by atoms with Crippen LogP contribution in [0.15, 0.2) is 36.5 Å².